The zero-order valence-electron chi connectivity index (χ0n) is 15.4. The van der Waals surface area contributed by atoms with Crippen molar-refractivity contribution in [1.82, 2.24) is 14.8 Å². The normalized spacial score (nSPS) is 11.3. The first-order valence-corrected chi connectivity index (χ1v) is 8.45. The number of benzene rings is 1. The molecule has 0 unspecified atom stereocenters. The van der Waals surface area contributed by atoms with E-state index in [2.05, 4.69) is 10.1 Å². The standard InChI is InChI=1S/C20H15F3N4O2/c1-11-18(14-4-5-15(8-24)16(7-14)20(21,22)23)12(2)27(26-11)10-13-3-6-17(19(28)29)25-9-13/h3-7,9H,10H2,1-2H3,(H,28,29). The molecule has 2 heterocycles. The number of carbonyl (C=O) groups is 1. The number of alkyl halides is 3. The van der Waals surface area contributed by atoms with E-state index in [9.17, 15) is 18.0 Å². The first-order valence-electron chi connectivity index (χ1n) is 8.45. The van der Waals surface area contributed by atoms with Crippen LogP contribution < -0.4 is 0 Å². The number of aromatic nitrogens is 3. The zero-order chi connectivity index (χ0) is 21.3. The fourth-order valence-corrected chi connectivity index (χ4v) is 3.12. The Hall–Kier alpha value is -3.67. The van der Waals surface area contributed by atoms with Crippen LogP contribution in [0.2, 0.25) is 0 Å². The highest BCUT2D eigenvalue weighted by Crippen LogP contribution is 2.36. The summed E-state index contributed by atoms with van der Waals surface area (Å²) in [5.74, 6) is -1.13. The van der Waals surface area contributed by atoms with Crippen LogP contribution in [0.15, 0.2) is 36.5 Å². The first-order chi connectivity index (χ1) is 13.6. The molecule has 0 amide bonds. The molecule has 29 heavy (non-hydrogen) atoms. The highest BCUT2D eigenvalue weighted by molar-refractivity contribution is 5.85. The van der Waals surface area contributed by atoms with Crippen molar-refractivity contribution in [2.24, 2.45) is 0 Å². The van der Waals surface area contributed by atoms with Crippen molar-refractivity contribution in [3.05, 3.63) is 70.3 Å². The van der Waals surface area contributed by atoms with E-state index in [-0.39, 0.29) is 12.2 Å². The number of hydrogen-bond donors (Lipinski definition) is 1. The maximum Gasteiger partial charge on any atom is 0.417 e. The van der Waals surface area contributed by atoms with E-state index in [1.54, 1.807) is 30.7 Å². The van der Waals surface area contributed by atoms with Crippen molar-refractivity contribution in [1.29, 1.82) is 5.26 Å². The van der Waals surface area contributed by atoms with Crippen LogP contribution in [0.3, 0.4) is 0 Å². The van der Waals surface area contributed by atoms with Crippen LogP contribution in [0.5, 0.6) is 0 Å². The molecule has 0 atom stereocenters. The van der Waals surface area contributed by atoms with Gasteiger partial charge in [-0.2, -0.15) is 23.5 Å². The lowest BCUT2D eigenvalue weighted by Crippen LogP contribution is -2.08. The average Bonchev–Trinajstić information content (AvgIpc) is 2.94. The monoisotopic (exact) mass is 400 g/mol. The first kappa shape index (κ1) is 20.1. The predicted molar refractivity (Wildman–Crippen MR) is 97.2 cm³/mol. The Labute approximate surface area is 163 Å². The van der Waals surface area contributed by atoms with E-state index < -0.39 is 23.3 Å². The summed E-state index contributed by atoms with van der Waals surface area (Å²) in [7, 11) is 0. The van der Waals surface area contributed by atoms with E-state index in [0.717, 1.165) is 12.1 Å². The Bertz CT molecular complexity index is 1130. The summed E-state index contributed by atoms with van der Waals surface area (Å²) >= 11 is 0. The third-order valence-electron chi connectivity index (χ3n) is 4.49. The summed E-state index contributed by atoms with van der Waals surface area (Å²) in [4.78, 5) is 14.7. The Morgan fingerprint density at radius 1 is 1.24 bits per heavy atom. The van der Waals surface area contributed by atoms with Crippen molar-refractivity contribution in [3.8, 4) is 17.2 Å². The fraction of sp³-hybridized carbons (Fsp3) is 0.200. The highest BCUT2D eigenvalue weighted by atomic mass is 19.4. The second kappa shape index (κ2) is 7.39. The van der Waals surface area contributed by atoms with E-state index in [4.69, 9.17) is 10.4 Å². The summed E-state index contributed by atoms with van der Waals surface area (Å²) in [5, 5.41) is 22.3. The molecule has 0 bridgehead atoms. The number of aromatic carboxylic acids is 1. The van der Waals surface area contributed by atoms with Crippen LogP contribution in [0.4, 0.5) is 13.2 Å². The lowest BCUT2D eigenvalue weighted by molar-refractivity contribution is -0.137. The molecular weight excluding hydrogens is 385 g/mol. The van der Waals surface area contributed by atoms with Crippen molar-refractivity contribution in [2.75, 3.05) is 0 Å². The summed E-state index contributed by atoms with van der Waals surface area (Å²) in [6.45, 7) is 3.71. The van der Waals surface area contributed by atoms with Crippen molar-refractivity contribution in [3.63, 3.8) is 0 Å². The van der Waals surface area contributed by atoms with Crippen molar-refractivity contribution < 1.29 is 23.1 Å². The van der Waals surface area contributed by atoms with Gasteiger partial charge in [0.05, 0.1) is 29.4 Å². The minimum absolute atomic E-state index is 0.0833. The van der Waals surface area contributed by atoms with Crippen LogP contribution in [0.1, 0.15) is 38.6 Å². The minimum atomic E-state index is -4.64. The second-order valence-corrected chi connectivity index (χ2v) is 6.43. The summed E-state index contributed by atoms with van der Waals surface area (Å²) in [6.07, 6.45) is -3.22. The summed E-state index contributed by atoms with van der Waals surface area (Å²) in [5.41, 5.74) is 1.24. The van der Waals surface area contributed by atoms with Gasteiger partial charge in [-0.25, -0.2) is 9.78 Å². The fourth-order valence-electron chi connectivity index (χ4n) is 3.12. The zero-order valence-corrected chi connectivity index (χ0v) is 15.4. The van der Waals surface area contributed by atoms with E-state index in [1.807, 2.05) is 0 Å². The van der Waals surface area contributed by atoms with Crippen LogP contribution >= 0.6 is 0 Å². The van der Waals surface area contributed by atoms with Crippen LogP contribution in [0, 0.1) is 25.2 Å². The predicted octanol–water partition coefficient (Wildman–Crippen LogP) is 4.20. The minimum Gasteiger partial charge on any atom is -0.477 e. The molecule has 1 N–H and O–H groups in total. The molecule has 3 aromatic rings. The average molecular weight is 400 g/mol. The Morgan fingerprint density at radius 2 is 1.97 bits per heavy atom. The molecule has 2 aromatic heterocycles. The van der Waals surface area contributed by atoms with Gasteiger partial charge in [-0.3, -0.25) is 4.68 Å². The third-order valence-corrected chi connectivity index (χ3v) is 4.49. The van der Waals surface area contributed by atoms with Crippen molar-refractivity contribution >= 4 is 5.97 Å². The number of nitriles is 1. The van der Waals surface area contributed by atoms with Crippen LogP contribution in [0.25, 0.3) is 11.1 Å². The molecule has 0 saturated carbocycles. The number of halogens is 3. The quantitative estimate of drug-likeness (QED) is 0.709. The van der Waals surface area contributed by atoms with Gasteiger partial charge in [-0.15, -0.1) is 0 Å². The largest absolute Gasteiger partial charge is 0.477 e. The lowest BCUT2D eigenvalue weighted by Gasteiger charge is -2.11. The highest BCUT2D eigenvalue weighted by Gasteiger charge is 2.34. The number of nitrogens with zero attached hydrogens (tertiary/aromatic N) is 4. The Kier molecular flexibility index (Phi) is 5.12. The van der Waals surface area contributed by atoms with Gasteiger partial charge in [-0.05, 0) is 43.2 Å². The molecule has 9 heteroatoms. The van der Waals surface area contributed by atoms with Gasteiger partial charge in [0, 0.05) is 17.5 Å². The SMILES string of the molecule is Cc1nn(Cc2ccc(C(=O)O)nc2)c(C)c1-c1ccc(C#N)c(C(F)(F)F)c1. The maximum atomic E-state index is 13.3. The van der Waals surface area contributed by atoms with E-state index in [1.165, 1.54) is 18.3 Å². The molecule has 0 fully saturated rings. The van der Waals surface area contributed by atoms with Gasteiger partial charge < -0.3 is 5.11 Å². The van der Waals surface area contributed by atoms with Gasteiger partial charge in [-0.1, -0.05) is 12.1 Å². The summed E-state index contributed by atoms with van der Waals surface area (Å²) < 4.78 is 41.5. The number of hydrogen-bond acceptors (Lipinski definition) is 4. The van der Waals surface area contributed by atoms with Crippen LogP contribution in [-0.4, -0.2) is 25.8 Å². The molecule has 1 aromatic carbocycles. The van der Waals surface area contributed by atoms with Gasteiger partial charge >= 0.3 is 12.1 Å². The molecular formula is C20H15F3N4O2. The van der Waals surface area contributed by atoms with Gasteiger partial charge in [0.1, 0.15) is 5.69 Å². The Balaban J connectivity index is 2.00. The van der Waals surface area contributed by atoms with Gasteiger partial charge in [0.15, 0.2) is 0 Å². The van der Waals surface area contributed by atoms with E-state index >= 15 is 0 Å². The number of carboxylic acid groups (broad SMARTS) is 1. The number of pyridine rings is 1. The van der Waals surface area contributed by atoms with Gasteiger partial charge in [0.2, 0.25) is 0 Å². The number of rotatable bonds is 4. The lowest BCUT2D eigenvalue weighted by atomic mass is 9.98. The second-order valence-electron chi connectivity index (χ2n) is 6.43. The third kappa shape index (κ3) is 3.96. The molecule has 148 valence electrons. The molecule has 6 nitrogen and oxygen atoms in total. The number of aryl methyl sites for hydroxylation is 1. The topological polar surface area (TPSA) is 91.8 Å². The molecule has 0 saturated heterocycles. The molecule has 0 aliphatic carbocycles. The molecule has 0 aliphatic heterocycles. The van der Waals surface area contributed by atoms with Crippen molar-refractivity contribution in [2.45, 2.75) is 26.6 Å². The smallest absolute Gasteiger partial charge is 0.417 e. The Morgan fingerprint density at radius 3 is 2.52 bits per heavy atom. The van der Waals surface area contributed by atoms with Gasteiger partial charge in [0.25, 0.3) is 0 Å². The maximum absolute atomic E-state index is 13.3. The molecule has 0 spiro atoms. The van der Waals surface area contributed by atoms with Crippen LogP contribution in [-0.2, 0) is 12.7 Å². The summed E-state index contributed by atoms with van der Waals surface area (Å²) in [6, 6.07) is 8.14. The molecule has 0 radical (unpaired) electrons. The van der Waals surface area contributed by atoms with E-state index in [0.29, 0.717) is 28.1 Å². The molecule has 0 aliphatic rings. The number of carboxylic acids is 1. The molecule has 3 rings (SSSR count).